The first kappa shape index (κ1) is 22.9. The molecule has 0 bridgehead atoms. The average molecular weight is 567 g/mol. The molecule has 164 valence electrons. The molecule has 1 aliphatic rings. The highest BCUT2D eigenvalue weighted by molar-refractivity contribution is 14.1. The highest BCUT2D eigenvalue weighted by Crippen LogP contribution is 2.39. The van der Waals surface area contributed by atoms with Crippen LogP contribution in [0.1, 0.15) is 5.56 Å². The van der Waals surface area contributed by atoms with Crippen LogP contribution in [0.5, 0.6) is 11.5 Å². The summed E-state index contributed by atoms with van der Waals surface area (Å²) in [6.07, 6.45) is 1.81. The molecule has 3 aromatic rings. The largest absolute Gasteiger partial charge is 0.493 e. The molecule has 1 saturated heterocycles. The topological polar surface area (TPSA) is 74.9 Å². The number of methoxy groups -OCH3 is 1. The lowest BCUT2D eigenvalue weighted by atomic mass is 10.1. The van der Waals surface area contributed by atoms with Crippen molar-refractivity contribution in [3.63, 3.8) is 0 Å². The summed E-state index contributed by atoms with van der Waals surface area (Å²) in [5, 5.41) is 9.40. The third-order valence-electron chi connectivity index (χ3n) is 4.63. The molecule has 0 N–H and O–H groups in total. The second-order valence-corrected chi connectivity index (χ2v) is 8.97. The summed E-state index contributed by atoms with van der Waals surface area (Å²) in [7, 11) is 1.54. The van der Waals surface area contributed by atoms with Gasteiger partial charge in [-0.25, -0.2) is 4.99 Å². The number of anilines is 1. The predicted molar refractivity (Wildman–Crippen MR) is 140 cm³/mol. The molecule has 4 rings (SSSR count). The van der Waals surface area contributed by atoms with Crippen LogP contribution in [-0.4, -0.2) is 24.8 Å². The monoisotopic (exact) mass is 567 g/mol. The Hall–Kier alpha value is -3.29. The van der Waals surface area contributed by atoms with Gasteiger partial charge in [-0.1, -0.05) is 36.4 Å². The van der Waals surface area contributed by atoms with Crippen molar-refractivity contribution in [2.45, 2.75) is 0 Å². The Balaban J connectivity index is 1.74. The van der Waals surface area contributed by atoms with Gasteiger partial charge < -0.3 is 9.47 Å². The average Bonchev–Trinajstić information content (AvgIpc) is 3.13. The summed E-state index contributed by atoms with van der Waals surface area (Å²) < 4.78 is 11.7. The van der Waals surface area contributed by atoms with Crippen molar-refractivity contribution in [3.8, 4) is 17.6 Å². The van der Waals surface area contributed by atoms with E-state index < -0.39 is 0 Å². The molecule has 33 heavy (non-hydrogen) atoms. The van der Waals surface area contributed by atoms with E-state index in [-0.39, 0.29) is 12.5 Å². The zero-order chi connectivity index (χ0) is 23.2. The minimum absolute atomic E-state index is 0.0769. The molecule has 6 nitrogen and oxygen atoms in total. The molecule has 0 atom stereocenters. The van der Waals surface area contributed by atoms with Gasteiger partial charge >= 0.3 is 0 Å². The highest BCUT2D eigenvalue weighted by atomic mass is 127. The van der Waals surface area contributed by atoms with Crippen molar-refractivity contribution in [2.75, 3.05) is 18.6 Å². The van der Waals surface area contributed by atoms with Gasteiger partial charge in [-0.3, -0.25) is 9.69 Å². The molecule has 3 aromatic carbocycles. The third kappa shape index (κ3) is 5.21. The summed E-state index contributed by atoms with van der Waals surface area (Å²) >= 11 is 3.45. The normalized spacial score (nSPS) is 15.7. The number of nitrogens with zero attached hydrogens (tertiary/aromatic N) is 3. The van der Waals surface area contributed by atoms with Crippen LogP contribution in [-0.2, 0) is 4.79 Å². The van der Waals surface area contributed by atoms with E-state index in [2.05, 4.69) is 22.6 Å². The molecule has 1 fully saturated rings. The first-order valence-corrected chi connectivity index (χ1v) is 11.8. The number of hydrogen-bond acceptors (Lipinski definition) is 6. The van der Waals surface area contributed by atoms with Gasteiger partial charge in [-0.05, 0) is 82.4 Å². The molecule has 1 amide bonds. The minimum Gasteiger partial charge on any atom is -0.493 e. The standard InChI is InChI=1S/C25H18IN3O3S/c1-31-21-15-17(14-20(26)23(21)32-13-12-27)16-22-24(30)29(19-10-6-3-7-11-19)25(33-22)28-18-8-4-2-5-9-18/h2-11,14-16H,13H2,1H3/b22-16-,28-25?. The second kappa shape index (κ2) is 10.6. The lowest BCUT2D eigenvalue weighted by Gasteiger charge is -2.15. The SMILES string of the molecule is COc1cc(/C=C2\SC(=Nc3ccccc3)N(c3ccccc3)C2=O)cc(I)c1OCC#N. The van der Waals surface area contributed by atoms with E-state index >= 15 is 0 Å². The van der Waals surface area contributed by atoms with E-state index in [1.165, 1.54) is 11.8 Å². The summed E-state index contributed by atoms with van der Waals surface area (Å²) in [5.41, 5.74) is 2.30. The molecule has 0 spiro atoms. The number of benzene rings is 3. The number of rotatable bonds is 6. The summed E-state index contributed by atoms with van der Waals surface area (Å²) in [6.45, 7) is -0.0769. The fourth-order valence-electron chi connectivity index (χ4n) is 3.19. The molecule has 1 heterocycles. The van der Waals surface area contributed by atoms with Crippen LogP contribution in [0.4, 0.5) is 11.4 Å². The third-order valence-corrected chi connectivity index (χ3v) is 6.40. The molecule has 1 aliphatic heterocycles. The number of carbonyl (C=O) groups is 1. The van der Waals surface area contributed by atoms with Gasteiger partial charge in [0.05, 0.1) is 27.0 Å². The van der Waals surface area contributed by atoms with Crippen molar-refractivity contribution in [3.05, 3.63) is 86.8 Å². The zero-order valence-electron chi connectivity index (χ0n) is 17.6. The number of halogens is 1. The van der Waals surface area contributed by atoms with Gasteiger partial charge in [-0.2, -0.15) is 5.26 Å². The Bertz CT molecular complexity index is 1270. The molecular formula is C25H18IN3O3S. The lowest BCUT2D eigenvalue weighted by molar-refractivity contribution is -0.113. The fourth-order valence-corrected chi connectivity index (χ4v) is 4.97. The van der Waals surface area contributed by atoms with Gasteiger partial charge in [0.1, 0.15) is 6.07 Å². The number of ether oxygens (including phenoxy) is 2. The molecule has 0 unspecified atom stereocenters. The Morgan fingerprint density at radius 3 is 2.48 bits per heavy atom. The molecule has 0 aromatic heterocycles. The Morgan fingerprint density at radius 1 is 1.12 bits per heavy atom. The molecule has 0 radical (unpaired) electrons. The Labute approximate surface area is 209 Å². The predicted octanol–water partition coefficient (Wildman–Crippen LogP) is 6.01. The van der Waals surface area contributed by atoms with Crippen LogP contribution >= 0.6 is 34.4 Å². The summed E-state index contributed by atoms with van der Waals surface area (Å²) in [4.78, 5) is 20.3. The van der Waals surface area contributed by atoms with Crippen LogP contribution in [0.25, 0.3) is 6.08 Å². The highest BCUT2D eigenvalue weighted by Gasteiger charge is 2.34. The van der Waals surface area contributed by atoms with Gasteiger partial charge in [0.25, 0.3) is 5.91 Å². The number of para-hydroxylation sites is 2. The Morgan fingerprint density at radius 2 is 1.82 bits per heavy atom. The van der Waals surface area contributed by atoms with Gasteiger partial charge in [-0.15, -0.1) is 0 Å². The minimum atomic E-state index is -0.153. The number of hydrogen-bond donors (Lipinski definition) is 0. The van der Waals surface area contributed by atoms with Gasteiger partial charge in [0.15, 0.2) is 23.3 Å². The van der Waals surface area contributed by atoms with Gasteiger partial charge in [0, 0.05) is 0 Å². The van der Waals surface area contributed by atoms with Crippen LogP contribution in [0, 0.1) is 14.9 Å². The van der Waals surface area contributed by atoms with E-state index in [0.29, 0.717) is 21.6 Å². The second-order valence-electron chi connectivity index (χ2n) is 6.80. The molecular weight excluding hydrogens is 549 g/mol. The van der Waals surface area contributed by atoms with Crippen LogP contribution < -0.4 is 14.4 Å². The van der Waals surface area contributed by atoms with E-state index in [1.807, 2.05) is 78.9 Å². The van der Waals surface area contributed by atoms with Crippen LogP contribution in [0.2, 0.25) is 0 Å². The maximum absolute atomic E-state index is 13.4. The van der Waals surface area contributed by atoms with Crippen molar-refractivity contribution >= 4 is 62.9 Å². The van der Waals surface area contributed by atoms with E-state index in [1.54, 1.807) is 18.1 Å². The fraction of sp³-hybridized carbons (Fsp3) is 0.0800. The number of amides is 1. The number of carbonyl (C=O) groups excluding carboxylic acids is 1. The van der Waals surface area contributed by atoms with E-state index in [4.69, 9.17) is 19.7 Å². The van der Waals surface area contributed by atoms with Crippen LogP contribution in [0.15, 0.2) is 82.7 Å². The molecule has 8 heteroatoms. The van der Waals surface area contributed by atoms with E-state index in [9.17, 15) is 4.79 Å². The number of amidine groups is 1. The van der Waals surface area contributed by atoms with Crippen molar-refractivity contribution in [2.24, 2.45) is 4.99 Å². The molecule has 0 saturated carbocycles. The zero-order valence-corrected chi connectivity index (χ0v) is 20.5. The van der Waals surface area contributed by atoms with E-state index in [0.717, 1.165) is 20.5 Å². The number of aliphatic imine (C=N–C) groups is 1. The van der Waals surface area contributed by atoms with Crippen molar-refractivity contribution in [1.82, 2.24) is 0 Å². The van der Waals surface area contributed by atoms with Crippen molar-refractivity contribution < 1.29 is 14.3 Å². The number of thioether (sulfide) groups is 1. The first-order valence-electron chi connectivity index (χ1n) is 9.91. The molecule has 0 aliphatic carbocycles. The lowest BCUT2D eigenvalue weighted by Crippen LogP contribution is -2.28. The smallest absolute Gasteiger partial charge is 0.271 e. The van der Waals surface area contributed by atoms with Gasteiger partial charge in [0.2, 0.25) is 0 Å². The quantitative estimate of drug-likeness (QED) is 0.270. The number of nitriles is 1. The summed E-state index contributed by atoms with van der Waals surface area (Å²) in [5.74, 6) is 0.849. The van der Waals surface area contributed by atoms with Crippen molar-refractivity contribution in [1.29, 1.82) is 5.26 Å². The maximum atomic E-state index is 13.4. The summed E-state index contributed by atoms with van der Waals surface area (Å²) in [6, 6.07) is 24.6. The van der Waals surface area contributed by atoms with Crippen LogP contribution in [0.3, 0.4) is 0 Å². The first-order chi connectivity index (χ1) is 16.1. The maximum Gasteiger partial charge on any atom is 0.271 e. The Kier molecular flexibility index (Phi) is 7.32.